The fraction of sp³-hybridized carbons (Fsp3) is 0.306. The monoisotopic (exact) mass is 1500 g/mol. The third kappa shape index (κ3) is 15.1. The van der Waals surface area contributed by atoms with Crippen LogP contribution in [0.2, 0.25) is 10.0 Å². The maximum atomic E-state index is 16.3. The second-order valence-corrected chi connectivity index (χ2v) is 27.0. The first-order valence-corrected chi connectivity index (χ1v) is 34.1. The van der Waals surface area contributed by atoms with Gasteiger partial charge in [0.15, 0.2) is 29.3 Å². The predicted molar refractivity (Wildman–Crippen MR) is 370 cm³/mol. The Morgan fingerprint density at radius 3 is 1.89 bits per heavy atom. The number of likely N-dealkylation sites (tertiary alicyclic amines) is 1. The molecule has 8 aliphatic heterocycles. The minimum Gasteiger partial charge on any atom is -0.508 e. The van der Waals surface area contributed by atoms with E-state index in [1.807, 2.05) is 0 Å². The van der Waals surface area contributed by atoms with Crippen LogP contribution < -0.4 is 62.5 Å². The van der Waals surface area contributed by atoms with E-state index in [-0.39, 0.29) is 85.5 Å². The molecular formula is C72H70Cl2N10O22. The Kier molecular flexibility index (Phi) is 20.8. The van der Waals surface area contributed by atoms with Gasteiger partial charge in [-0.3, -0.25) is 38.4 Å². The number of hydrogen-bond donors (Lipinski definition) is 18. The number of amides is 8. The van der Waals surface area contributed by atoms with Gasteiger partial charge in [-0.25, -0.2) is 0 Å². The van der Waals surface area contributed by atoms with Crippen molar-refractivity contribution in [3.63, 3.8) is 0 Å². The van der Waals surface area contributed by atoms with Crippen molar-refractivity contribution in [2.75, 3.05) is 32.8 Å². The van der Waals surface area contributed by atoms with E-state index in [9.17, 15) is 55.5 Å². The maximum absolute atomic E-state index is 16.3. The predicted octanol–water partition coefficient (Wildman–Crippen LogP) is 3.08. The summed E-state index contributed by atoms with van der Waals surface area (Å²) in [5, 5.41) is 124. The number of carbonyl (C=O) groups is 8. The molecule has 8 aliphatic rings. The van der Waals surface area contributed by atoms with Crippen molar-refractivity contribution in [1.29, 1.82) is 0 Å². The number of nitrogens with one attached hydrogen (secondary N) is 8. The summed E-state index contributed by atoms with van der Waals surface area (Å²) in [5.41, 5.74) is 4.54. The van der Waals surface area contributed by atoms with E-state index in [2.05, 4.69) is 47.4 Å². The molecule has 19 N–H and O–H groups in total. The quantitative estimate of drug-likeness (QED) is 0.104. The highest BCUT2D eigenvalue weighted by molar-refractivity contribution is 6.32. The molecule has 15 rings (SSSR count). The first kappa shape index (κ1) is 73.1. The number of hydrogen-bond acceptors (Lipinski definition) is 24. The summed E-state index contributed by atoms with van der Waals surface area (Å²) in [5.74, 6) is -15.4. The molecule has 17 bridgehead atoms. The van der Waals surface area contributed by atoms with Crippen LogP contribution in [0.5, 0.6) is 69.0 Å². The van der Waals surface area contributed by atoms with Gasteiger partial charge in [-0.05, 0) is 144 Å². The van der Waals surface area contributed by atoms with Crippen molar-refractivity contribution >= 4 is 70.5 Å². The number of aliphatic hydroxyl groups excluding tert-OH is 3. The number of nitrogens with two attached hydrogens (primary N) is 1. The molecule has 2 fully saturated rings. The van der Waals surface area contributed by atoms with Gasteiger partial charge >= 0.3 is 0 Å². The van der Waals surface area contributed by atoms with Gasteiger partial charge in [-0.15, -0.1) is 0 Å². The topological polar surface area (TPSA) is 490 Å². The molecule has 7 aromatic carbocycles. The van der Waals surface area contributed by atoms with Crippen LogP contribution in [0.3, 0.4) is 0 Å². The summed E-state index contributed by atoms with van der Waals surface area (Å²) in [6.07, 6.45) is -8.26. The number of phenols is 6. The zero-order chi connectivity index (χ0) is 75.3. The van der Waals surface area contributed by atoms with Gasteiger partial charge in [0, 0.05) is 49.7 Å². The molecule has 34 heteroatoms. The number of carbonyl (C=O) groups excluding carboxylic acids is 8. The molecule has 32 nitrogen and oxygen atoms in total. The lowest BCUT2D eigenvalue weighted by molar-refractivity contribution is -0.284. The van der Waals surface area contributed by atoms with E-state index in [1.54, 1.807) is 0 Å². The first-order valence-electron chi connectivity index (χ1n) is 33.3. The average molecular weight is 1500 g/mol. The molecule has 0 radical (unpaired) electrons. The fourth-order valence-corrected chi connectivity index (χ4v) is 14.0. The second kappa shape index (κ2) is 30.1. The average Bonchev–Trinajstić information content (AvgIpc) is 0.782. The molecule has 106 heavy (non-hydrogen) atoms. The fourth-order valence-electron chi connectivity index (χ4n) is 13.6. The van der Waals surface area contributed by atoms with Gasteiger partial charge in [0.2, 0.25) is 53.0 Å². The lowest BCUT2D eigenvalue weighted by atomic mass is 9.89. The van der Waals surface area contributed by atoms with Crippen molar-refractivity contribution in [2.45, 2.75) is 105 Å². The number of phenolic OH excluding ortho intramolecular Hbond substituents is 6. The van der Waals surface area contributed by atoms with Crippen LogP contribution in [0.1, 0.15) is 95.0 Å². The van der Waals surface area contributed by atoms with Crippen molar-refractivity contribution < 1.29 is 108 Å². The third-order valence-corrected chi connectivity index (χ3v) is 19.5. The lowest BCUT2D eigenvalue weighted by Crippen LogP contribution is -2.65. The first-order chi connectivity index (χ1) is 50.7. The van der Waals surface area contributed by atoms with E-state index in [0.29, 0.717) is 19.6 Å². The molecule has 8 amide bonds. The van der Waals surface area contributed by atoms with Crippen LogP contribution in [-0.2, 0) is 54.3 Å². The van der Waals surface area contributed by atoms with Crippen molar-refractivity contribution in [1.82, 2.24) is 47.4 Å². The van der Waals surface area contributed by atoms with E-state index >= 15 is 28.8 Å². The number of benzene rings is 7. The molecule has 0 spiro atoms. The number of ether oxygens (including phenoxy) is 5. The highest BCUT2D eigenvalue weighted by Crippen LogP contribution is 2.49. The Balaban J connectivity index is 1.03. The third-order valence-electron chi connectivity index (χ3n) is 18.9. The van der Waals surface area contributed by atoms with Crippen LogP contribution in [0.25, 0.3) is 11.1 Å². The number of halogens is 2. The Morgan fingerprint density at radius 1 is 0.594 bits per heavy atom. The van der Waals surface area contributed by atoms with Crippen LogP contribution in [0.15, 0.2) is 115 Å². The SMILES string of the molecule is CC(=O)NC1C(O[C@@H]2c3ccc(c(Cl)c3)Oc3cc4cc(c3O)Oc3ccc(cc3Cl)C[C@H]3NC(=O)[C@H](N)c5ccc(O)c(c5)Oc5cc(O)cc(c5)[C@H](NC3=O)C(=O)N[C@H]4C(=O)N[C@H]3C(=O)N[C@@H]2C(=O)N[C@H](C(=O)NCCN2CCCC2)c2cc(O)cc(O)c2-c2cc3ccc2O)OC(CO)C(O)C1O. The zero-order valence-corrected chi connectivity index (χ0v) is 57.3. The molecule has 7 aromatic rings. The number of nitrogens with zero attached hydrogens (tertiary/aromatic N) is 1. The number of rotatable bonds is 8. The number of aromatic hydroxyl groups is 6. The van der Waals surface area contributed by atoms with Crippen LogP contribution in [0.4, 0.5) is 0 Å². The van der Waals surface area contributed by atoms with E-state index in [0.717, 1.165) is 80.4 Å². The largest absolute Gasteiger partial charge is 0.508 e. The molecule has 2 saturated heterocycles. The number of fused-ring (bicyclic) bond motifs is 14. The minimum atomic E-state index is -2.31. The molecule has 13 atom stereocenters. The number of aliphatic hydroxyl groups is 3. The van der Waals surface area contributed by atoms with E-state index < -0.39 is 189 Å². The zero-order valence-electron chi connectivity index (χ0n) is 55.7. The standard InChI is InChI=1S/C72H70Cl2N10O22/c1-29(86)77-59-63(94)62(93)52(28-85)105-72(59)106-64-33-7-11-48(42(74)21-33)104-51-24-35-23-50(61(51)92)103-47-10-4-30(16-41(47)73)17-43-65(95)79-56(34-18-36(87)25-38(19-34)102-49-22-31(5-9-45(49)90)54(75)66(96)78-43)69(99)81-57(35)70(100)80-55-32-6-8-44(89)39(20-32)53-40(26-37(88)27-46(53)91)58(82-71(101)60(64)83-68(55)98)67(97)76-12-15-84-13-2-3-14-84/h4-11,16,18-27,43,52,54-60,62-64,72,85,87-94H,2-3,12-15,17,28,75H2,1H3,(H,76,97)(H,77,86)(H,78,96)(H,79,95)(H,80,100)(H,81,99)(H,82,101)(H,83,98)/t43-,52?,54-,55-,56+,57-,58+,59?,60+,62?,63?,64-,72?/m1/s1. The van der Waals surface area contributed by atoms with Crippen LogP contribution in [0, 0.1) is 0 Å². The summed E-state index contributed by atoms with van der Waals surface area (Å²) in [6.45, 7) is 1.82. The van der Waals surface area contributed by atoms with Crippen molar-refractivity contribution in [3.8, 4) is 80.1 Å². The Morgan fingerprint density at radius 2 is 1.21 bits per heavy atom. The van der Waals surface area contributed by atoms with Crippen LogP contribution in [-0.4, -0.2) is 174 Å². The molecule has 0 aromatic heterocycles. The normalized spacial score (nSPS) is 25.3. The lowest BCUT2D eigenvalue weighted by Gasteiger charge is -2.44. The summed E-state index contributed by atoms with van der Waals surface area (Å²) >= 11 is 14.2. The highest BCUT2D eigenvalue weighted by atomic mass is 35.5. The summed E-state index contributed by atoms with van der Waals surface area (Å²) in [6, 6.07) is 6.36. The summed E-state index contributed by atoms with van der Waals surface area (Å²) in [4.78, 5) is 124. The Hall–Kier alpha value is -11.2. The van der Waals surface area contributed by atoms with E-state index in [1.165, 1.54) is 54.6 Å². The molecular weight excluding hydrogens is 1430 g/mol. The second-order valence-electron chi connectivity index (χ2n) is 26.1. The summed E-state index contributed by atoms with van der Waals surface area (Å²) in [7, 11) is 0. The molecule has 0 saturated carbocycles. The smallest absolute Gasteiger partial charge is 0.248 e. The van der Waals surface area contributed by atoms with Gasteiger partial charge in [-0.1, -0.05) is 47.5 Å². The Bertz CT molecular complexity index is 4720. The van der Waals surface area contributed by atoms with E-state index in [4.69, 9.17) is 52.6 Å². The van der Waals surface area contributed by atoms with Gasteiger partial charge in [0.25, 0.3) is 0 Å². The van der Waals surface area contributed by atoms with Crippen molar-refractivity contribution in [3.05, 3.63) is 164 Å². The maximum Gasteiger partial charge on any atom is 0.248 e. The van der Waals surface area contributed by atoms with Gasteiger partial charge < -0.3 is 123 Å². The molecule has 8 heterocycles. The highest BCUT2D eigenvalue weighted by Gasteiger charge is 2.49. The molecule has 0 aliphatic carbocycles. The van der Waals surface area contributed by atoms with Crippen LogP contribution >= 0.6 is 23.2 Å². The Labute approximate surface area is 611 Å². The van der Waals surface area contributed by atoms with Crippen molar-refractivity contribution in [2.24, 2.45) is 5.73 Å². The summed E-state index contributed by atoms with van der Waals surface area (Å²) < 4.78 is 31.5. The van der Waals surface area contributed by atoms with Gasteiger partial charge in [-0.2, -0.15) is 0 Å². The van der Waals surface area contributed by atoms with Gasteiger partial charge in [0.1, 0.15) is 113 Å². The minimum absolute atomic E-state index is 0.0203. The molecule has 5 unspecified atom stereocenters. The molecule has 554 valence electrons. The van der Waals surface area contributed by atoms with Gasteiger partial charge in [0.05, 0.1) is 16.7 Å².